The first-order valence-corrected chi connectivity index (χ1v) is 10.0. The number of hydrogen-bond acceptors (Lipinski definition) is 6. The van der Waals surface area contributed by atoms with Crippen molar-refractivity contribution in [1.29, 1.82) is 0 Å². The molecule has 0 unspecified atom stereocenters. The van der Waals surface area contributed by atoms with Gasteiger partial charge in [0.25, 0.3) is 5.69 Å². The Morgan fingerprint density at radius 3 is 2.52 bits per heavy atom. The van der Waals surface area contributed by atoms with Crippen LogP contribution in [0.25, 0.3) is 0 Å². The summed E-state index contributed by atoms with van der Waals surface area (Å²) in [6.07, 6.45) is 2.91. The average Bonchev–Trinajstić information content (AvgIpc) is 2.60. The van der Waals surface area contributed by atoms with Crippen LogP contribution in [0.15, 0.2) is 47.4 Å². The monoisotopic (exact) mass is 391 g/mol. The molecule has 0 heterocycles. The lowest BCUT2D eigenvalue weighted by Gasteiger charge is -2.43. The summed E-state index contributed by atoms with van der Waals surface area (Å²) < 4.78 is 29.3. The van der Waals surface area contributed by atoms with Gasteiger partial charge in [0, 0.05) is 29.7 Å². The zero-order chi connectivity index (χ0) is 19.7. The molecular weight excluding hydrogens is 370 g/mol. The summed E-state index contributed by atoms with van der Waals surface area (Å²) >= 11 is 0. The molecule has 0 spiro atoms. The number of hydrogen-bond donors (Lipinski definition) is 2. The van der Waals surface area contributed by atoms with Crippen LogP contribution in [-0.2, 0) is 15.4 Å². The molecule has 27 heavy (non-hydrogen) atoms. The first kappa shape index (κ1) is 19.1. The van der Waals surface area contributed by atoms with Crippen molar-refractivity contribution in [2.24, 2.45) is 5.14 Å². The molecule has 3 rings (SSSR count). The fourth-order valence-electron chi connectivity index (χ4n) is 3.50. The lowest BCUT2D eigenvalue weighted by Crippen LogP contribution is -2.41. The number of primary sulfonamides is 1. The molecule has 0 atom stereocenters. The van der Waals surface area contributed by atoms with Gasteiger partial charge in [0.15, 0.2) is 0 Å². The van der Waals surface area contributed by atoms with Crippen molar-refractivity contribution in [2.45, 2.75) is 29.6 Å². The van der Waals surface area contributed by atoms with Gasteiger partial charge in [-0.2, -0.15) is 0 Å². The molecule has 144 valence electrons. The van der Waals surface area contributed by atoms with Gasteiger partial charge in [0.05, 0.1) is 17.7 Å². The highest BCUT2D eigenvalue weighted by molar-refractivity contribution is 7.89. The minimum absolute atomic E-state index is 0.190. The van der Waals surface area contributed by atoms with Crippen molar-refractivity contribution in [3.8, 4) is 5.75 Å². The number of sulfonamides is 1. The van der Waals surface area contributed by atoms with E-state index in [4.69, 9.17) is 9.88 Å². The van der Waals surface area contributed by atoms with Crippen molar-refractivity contribution >= 4 is 21.4 Å². The zero-order valence-electron chi connectivity index (χ0n) is 14.8. The van der Waals surface area contributed by atoms with Gasteiger partial charge in [-0.1, -0.05) is 24.6 Å². The summed E-state index contributed by atoms with van der Waals surface area (Å²) in [7, 11) is -2.50. The predicted octanol–water partition coefficient (Wildman–Crippen LogP) is 2.78. The smallest absolute Gasteiger partial charge is 0.270 e. The lowest BCUT2D eigenvalue weighted by atomic mass is 9.64. The van der Waals surface area contributed by atoms with Crippen molar-refractivity contribution in [1.82, 2.24) is 0 Å². The number of para-hydroxylation sites is 1. The highest BCUT2D eigenvalue weighted by atomic mass is 32.2. The van der Waals surface area contributed by atoms with Crippen LogP contribution in [0, 0.1) is 10.1 Å². The second-order valence-electron chi connectivity index (χ2n) is 6.67. The maximum absolute atomic E-state index is 11.9. The Hall–Kier alpha value is -2.65. The Morgan fingerprint density at radius 2 is 1.96 bits per heavy atom. The van der Waals surface area contributed by atoms with Crippen LogP contribution in [0.2, 0.25) is 0 Å². The molecule has 1 aliphatic carbocycles. The minimum Gasteiger partial charge on any atom is -0.496 e. The van der Waals surface area contributed by atoms with E-state index in [1.165, 1.54) is 12.1 Å². The van der Waals surface area contributed by atoms with E-state index in [0.29, 0.717) is 6.54 Å². The molecule has 0 amide bonds. The van der Waals surface area contributed by atoms with Crippen LogP contribution < -0.4 is 15.2 Å². The number of nitrogens with two attached hydrogens (primary N) is 1. The molecule has 2 aromatic rings. The summed E-state index contributed by atoms with van der Waals surface area (Å²) in [6, 6.07) is 11.4. The molecule has 8 nitrogen and oxygen atoms in total. The molecule has 9 heteroatoms. The summed E-state index contributed by atoms with van der Waals surface area (Å²) in [6.45, 7) is 0.466. The molecule has 1 aliphatic rings. The number of rotatable bonds is 7. The maximum Gasteiger partial charge on any atom is 0.270 e. The molecule has 0 bridgehead atoms. The van der Waals surface area contributed by atoms with Crippen molar-refractivity contribution in [2.75, 3.05) is 19.0 Å². The maximum atomic E-state index is 11.9. The van der Waals surface area contributed by atoms with E-state index in [2.05, 4.69) is 5.32 Å². The van der Waals surface area contributed by atoms with Gasteiger partial charge in [0.2, 0.25) is 10.0 Å². The summed E-state index contributed by atoms with van der Waals surface area (Å²) in [5, 5.41) is 19.4. The SMILES string of the molecule is COc1ccccc1C1(CNc2ccc([N+](=O)[O-])cc2S(N)(=O)=O)CCC1. The molecule has 0 aliphatic heterocycles. The molecule has 0 aromatic heterocycles. The van der Waals surface area contributed by atoms with Gasteiger partial charge in [-0.3, -0.25) is 10.1 Å². The fraction of sp³-hybridized carbons (Fsp3) is 0.333. The van der Waals surface area contributed by atoms with Crippen LogP contribution in [0.4, 0.5) is 11.4 Å². The Kier molecular flexibility index (Phi) is 5.07. The fourth-order valence-corrected chi connectivity index (χ4v) is 4.23. The average molecular weight is 391 g/mol. The zero-order valence-corrected chi connectivity index (χ0v) is 15.7. The van der Waals surface area contributed by atoms with E-state index >= 15 is 0 Å². The predicted molar refractivity (Wildman–Crippen MR) is 101 cm³/mol. The van der Waals surface area contributed by atoms with Gasteiger partial charge in [-0.25, -0.2) is 13.6 Å². The number of methoxy groups -OCH3 is 1. The Balaban J connectivity index is 1.93. The third-order valence-electron chi connectivity index (χ3n) is 5.09. The molecule has 0 saturated heterocycles. The first-order valence-electron chi connectivity index (χ1n) is 8.45. The van der Waals surface area contributed by atoms with Crippen LogP contribution in [0.5, 0.6) is 5.75 Å². The van der Waals surface area contributed by atoms with Crippen LogP contribution in [0.3, 0.4) is 0 Å². The third kappa shape index (κ3) is 3.74. The van der Waals surface area contributed by atoms with E-state index in [-0.39, 0.29) is 21.7 Å². The summed E-state index contributed by atoms with van der Waals surface area (Å²) in [5.74, 6) is 0.786. The van der Waals surface area contributed by atoms with E-state index in [0.717, 1.165) is 36.6 Å². The topological polar surface area (TPSA) is 125 Å². The summed E-state index contributed by atoms with van der Waals surface area (Å²) in [5.41, 5.74) is 0.798. The normalized spacial score (nSPS) is 15.6. The van der Waals surface area contributed by atoms with Gasteiger partial charge >= 0.3 is 0 Å². The lowest BCUT2D eigenvalue weighted by molar-refractivity contribution is -0.385. The number of nitro groups is 1. The molecule has 2 aromatic carbocycles. The number of nitrogens with zero attached hydrogens (tertiary/aromatic N) is 1. The second-order valence-corrected chi connectivity index (χ2v) is 8.20. The third-order valence-corrected chi connectivity index (χ3v) is 6.04. The number of non-ortho nitro benzene ring substituents is 1. The number of nitrogens with one attached hydrogen (secondary N) is 1. The highest BCUT2D eigenvalue weighted by Gasteiger charge is 2.40. The van der Waals surface area contributed by atoms with Crippen molar-refractivity contribution < 1.29 is 18.1 Å². The largest absolute Gasteiger partial charge is 0.496 e. The number of anilines is 1. The minimum atomic E-state index is -4.11. The molecular formula is C18H21N3O5S. The number of ether oxygens (including phenoxy) is 1. The Bertz CT molecular complexity index is 971. The van der Waals surface area contributed by atoms with Gasteiger partial charge < -0.3 is 10.1 Å². The molecule has 0 radical (unpaired) electrons. The molecule has 1 fully saturated rings. The summed E-state index contributed by atoms with van der Waals surface area (Å²) in [4.78, 5) is 10.0. The molecule has 3 N–H and O–H groups in total. The van der Waals surface area contributed by atoms with E-state index < -0.39 is 14.9 Å². The van der Waals surface area contributed by atoms with E-state index in [9.17, 15) is 18.5 Å². The highest BCUT2D eigenvalue weighted by Crippen LogP contribution is 2.47. The standard InChI is InChI=1S/C18H21N3O5S/c1-26-16-6-3-2-5-14(16)18(9-4-10-18)12-20-15-8-7-13(21(22)23)11-17(15)27(19,24)25/h2-3,5-8,11,20H,4,9-10,12H2,1H3,(H2,19,24,25). The quantitative estimate of drug-likeness (QED) is 0.552. The van der Waals surface area contributed by atoms with Gasteiger partial charge in [-0.05, 0) is 25.0 Å². The second kappa shape index (κ2) is 7.16. The first-order chi connectivity index (χ1) is 12.8. The van der Waals surface area contributed by atoms with Crippen LogP contribution in [0.1, 0.15) is 24.8 Å². The van der Waals surface area contributed by atoms with E-state index in [1.807, 2.05) is 24.3 Å². The van der Waals surface area contributed by atoms with Crippen molar-refractivity contribution in [3.05, 3.63) is 58.1 Å². The van der Waals surface area contributed by atoms with Crippen LogP contribution >= 0.6 is 0 Å². The number of nitro benzene ring substituents is 1. The Morgan fingerprint density at radius 1 is 1.26 bits per heavy atom. The van der Waals surface area contributed by atoms with Crippen LogP contribution in [-0.4, -0.2) is 27.0 Å². The van der Waals surface area contributed by atoms with E-state index in [1.54, 1.807) is 7.11 Å². The van der Waals surface area contributed by atoms with Gasteiger partial charge in [0.1, 0.15) is 10.6 Å². The Labute approximate surface area is 157 Å². The van der Waals surface area contributed by atoms with Gasteiger partial charge in [-0.15, -0.1) is 0 Å². The molecule has 1 saturated carbocycles. The number of benzene rings is 2. The van der Waals surface area contributed by atoms with Crippen molar-refractivity contribution in [3.63, 3.8) is 0 Å².